The number of amides is 1. The summed E-state index contributed by atoms with van der Waals surface area (Å²) in [4.78, 5) is 23.8. The van der Waals surface area contributed by atoms with Crippen LogP contribution >= 0.6 is 22.9 Å². The average Bonchev–Trinajstić information content (AvgIpc) is 3.51. The molecule has 34 heavy (non-hydrogen) atoms. The van der Waals surface area contributed by atoms with E-state index >= 15 is 0 Å². The van der Waals surface area contributed by atoms with Gasteiger partial charge in [-0.25, -0.2) is 14.6 Å². The molecule has 1 saturated heterocycles. The number of likely N-dealkylation sites (tertiary alicyclic amines) is 1. The fourth-order valence-electron chi connectivity index (χ4n) is 4.24. The summed E-state index contributed by atoms with van der Waals surface area (Å²) in [5, 5.41) is 8.05. The topological polar surface area (TPSA) is 99.2 Å². The fraction of sp³-hybridized carbons (Fsp3) is 0.250. The Bertz CT molecular complexity index is 1350. The van der Waals surface area contributed by atoms with Crippen molar-refractivity contribution in [2.24, 2.45) is 0 Å². The predicted molar refractivity (Wildman–Crippen MR) is 134 cm³/mol. The minimum Gasteiger partial charge on any atom is -0.487 e. The van der Waals surface area contributed by atoms with Gasteiger partial charge in [0.05, 0.1) is 16.5 Å². The largest absolute Gasteiger partial charge is 0.487 e. The van der Waals surface area contributed by atoms with Crippen molar-refractivity contribution in [1.82, 2.24) is 24.6 Å². The first-order chi connectivity index (χ1) is 16.5. The van der Waals surface area contributed by atoms with Gasteiger partial charge in [-0.05, 0) is 48.6 Å². The van der Waals surface area contributed by atoms with Crippen LogP contribution in [0.2, 0.25) is 5.02 Å². The minimum absolute atomic E-state index is 0.0351. The lowest BCUT2D eigenvalue weighted by atomic mass is 10.1. The van der Waals surface area contributed by atoms with Crippen molar-refractivity contribution < 1.29 is 9.53 Å². The molecule has 174 valence electrons. The highest BCUT2D eigenvalue weighted by Crippen LogP contribution is 2.37. The van der Waals surface area contributed by atoms with Gasteiger partial charge in [0.25, 0.3) is 0 Å². The highest BCUT2D eigenvalue weighted by molar-refractivity contribution is 7.09. The monoisotopic (exact) mass is 494 g/mol. The summed E-state index contributed by atoms with van der Waals surface area (Å²) in [5.41, 5.74) is 8.33. The summed E-state index contributed by atoms with van der Waals surface area (Å²) in [6, 6.07) is 9.53. The van der Waals surface area contributed by atoms with Crippen LogP contribution in [0.1, 0.15) is 23.8 Å². The van der Waals surface area contributed by atoms with Gasteiger partial charge in [-0.3, -0.25) is 4.79 Å². The summed E-state index contributed by atoms with van der Waals surface area (Å²) < 4.78 is 7.75. The lowest BCUT2D eigenvalue weighted by Crippen LogP contribution is -2.40. The molecular formula is C24H23ClN6O2S. The van der Waals surface area contributed by atoms with Crippen LogP contribution < -0.4 is 10.5 Å². The normalized spacial score (nSPS) is 16.0. The van der Waals surface area contributed by atoms with E-state index in [0.29, 0.717) is 53.0 Å². The lowest BCUT2D eigenvalue weighted by molar-refractivity contribution is -0.127. The van der Waals surface area contributed by atoms with Gasteiger partial charge in [-0.1, -0.05) is 24.2 Å². The molecule has 1 amide bonds. The predicted octanol–water partition coefficient (Wildman–Crippen LogP) is 4.72. The number of hydrogen-bond donors (Lipinski definition) is 1. The standard InChI is InChI=1S/C24H23ClN6O2S/c1-2-20(32)30-9-3-5-16(12-30)31-24-21(23(26)27-14-28-24)22(29-31)15-7-8-19(18(25)11-15)33-13-17-6-4-10-34-17/h2,4,6-8,10-11,14,16H,1,3,5,9,12-13H2,(H2,26,27,28). The number of rotatable bonds is 6. The molecule has 0 radical (unpaired) electrons. The van der Waals surface area contributed by atoms with Crippen molar-refractivity contribution in [3.05, 3.63) is 64.6 Å². The molecule has 10 heteroatoms. The molecule has 0 bridgehead atoms. The molecule has 5 rings (SSSR count). The number of piperidine rings is 1. The van der Waals surface area contributed by atoms with Crippen molar-refractivity contribution in [2.75, 3.05) is 18.8 Å². The van der Waals surface area contributed by atoms with Gasteiger partial charge < -0.3 is 15.4 Å². The van der Waals surface area contributed by atoms with Gasteiger partial charge in [0.2, 0.25) is 5.91 Å². The molecule has 1 aromatic carbocycles. The molecule has 1 aliphatic rings. The first kappa shape index (κ1) is 22.4. The number of benzene rings is 1. The number of aromatic nitrogens is 4. The molecule has 2 N–H and O–H groups in total. The summed E-state index contributed by atoms with van der Waals surface area (Å²) in [5.74, 6) is 0.855. The van der Waals surface area contributed by atoms with Gasteiger partial charge in [0.1, 0.15) is 30.2 Å². The van der Waals surface area contributed by atoms with E-state index in [1.54, 1.807) is 16.2 Å². The van der Waals surface area contributed by atoms with Crippen molar-refractivity contribution >= 4 is 45.7 Å². The molecule has 1 unspecified atom stereocenters. The van der Waals surface area contributed by atoms with E-state index in [-0.39, 0.29) is 11.9 Å². The number of nitrogens with two attached hydrogens (primary N) is 1. The van der Waals surface area contributed by atoms with Crippen LogP contribution in [0.5, 0.6) is 5.75 Å². The summed E-state index contributed by atoms with van der Waals surface area (Å²) in [6.45, 7) is 5.29. The highest BCUT2D eigenvalue weighted by atomic mass is 35.5. The van der Waals surface area contributed by atoms with E-state index in [2.05, 4.69) is 16.5 Å². The summed E-state index contributed by atoms with van der Waals surface area (Å²) in [6.07, 6.45) is 4.52. The van der Waals surface area contributed by atoms with Crippen LogP contribution in [-0.2, 0) is 11.4 Å². The lowest BCUT2D eigenvalue weighted by Gasteiger charge is -2.32. The Morgan fingerprint density at radius 1 is 1.35 bits per heavy atom. The number of fused-ring (bicyclic) bond motifs is 1. The Morgan fingerprint density at radius 3 is 3.00 bits per heavy atom. The molecule has 4 aromatic rings. The number of ether oxygens (including phenoxy) is 1. The molecule has 1 atom stereocenters. The zero-order valence-corrected chi connectivity index (χ0v) is 19.9. The maximum Gasteiger partial charge on any atom is 0.246 e. The molecule has 1 fully saturated rings. The number of thiophene rings is 1. The van der Waals surface area contributed by atoms with E-state index in [4.69, 9.17) is 27.2 Å². The molecule has 0 aliphatic carbocycles. The Labute approximate surface area is 205 Å². The van der Waals surface area contributed by atoms with E-state index in [1.165, 1.54) is 12.4 Å². The molecule has 0 spiro atoms. The number of anilines is 1. The zero-order chi connectivity index (χ0) is 23.7. The molecule has 8 nitrogen and oxygen atoms in total. The number of halogens is 1. The molecular weight excluding hydrogens is 472 g/mol. The van der Waals surface area contributed by atoms with Gasteiger partial charge in [-0.15, -0.1) is 11.3 Å². The van der Waals surface area contributed by atoms with Gasteiger partial charge in [0.15, 0.2) is 5.65 Å². The number of carbonyl (C=O) groups excluding carboxylic acids is 1. The maximum absolute atomic E-state index is 12.2. The second-order valence-electron chi connectivity index (χ2n) is 8.05. The van der Waals surface area contributed by atoms with Gasteiger partial charge in [0, 0.05) is 23.5 Å². The summed E-state index contributed by atoms with van der Waals surface area (Å²) in [7, 11) is 0. The van der Waals surface area contributed by atoms with E-state index in [0.717, 1.165) is 23.3 Å². The van der Waals surface area contributed by atoms with Crippen LogP contribution in [0.4, 0.5) is 5.82 Å². The number of hydrogen-bond acceptors (Lipinski definition) is 7. The van der Waals surface area contributed by atoms with Crippen molar-refractivity contribution in [3.63, 3.8) is 0 Å². The number of nitrogens with zero attached hydrogens (tertiary/aromatic N) is 5. The van der Waals surface area contributed by atoms with Crippen molar-refractivity contribution in [1.29, 1.82) is 0 Å². The average molecular weight is 495 g/mol. The van der Waals surface area contributed by atoms with E-state index < -0.39 is 0 Å². The summed E-state index contributed by atoms with van der Waals surface area (Å²) >= 11 is 8.20. The minimum atomic E-state index is -0.0829. The van der Waals surface area contributed by atoms with Gasteiger partial charge >= 0.3 is 0 Å². The van der Waals surface area contributed by atoms with Crippen LogP contribution in [0.25, 0.3) is 22.3 Å². The highest BCUT2D eigenvalue weighted by Gasteiger charge is 2.28. The first-order valence-corrected chi connectivity index (χ1v) is 12.2. The SMILES string of the molecule is C=CC(=O)N1CCCC(n2nc(-c3ccc(OCc4cccs4)c(Cl)c3)c3c(N)ncnc32)C1. The molecule has 4 heterocycles. The second-order valence-corrected chi connectivity index (χ2v) is 9.49. The van der Waals surface area contributed by atoms with Crippen LogP contribution in [0, 0.1) is 0 Å². The third-order valence-electron chi connectivity index (χ3n) is 5.90. The number of carbonyl (C=O) groups is 1. The molecule has 1 aliphatic heterocycles. The van der Waals surface area contributed by atoms with Crippen LogP contribution in [-0.4, -0.2) is 43.6 Å². The Kier molecular flexibility index (Phi) is 6.21. The van der Waals surface area contributed by atoms with E-state index in [9.17, 15) is 4.79 Å². The maximum atomic E-state index is 12.2. The Morgan fingerprint density at radius 2 is 2.24 bits per heavy atom. The van der Waals surface area contributed by atoms with Crippen LogP contribution in [0.15, 0.2) is 54.7 Å². The molecule has 0 saturated carbocycles. The van der Waals surface area contributed by atoms with Crippen molar-refractivity contribution in [2.45, 2.75) is 25.5 Å². The quantitative estimate of drug-likeness (QED) is 0.389. The Balaban J connectivity index is 1.50. The van der Waals surface area contributed by atoms with Crippen LogP contribution in [0.3, 0.4) is 0 Å². The van der Waals surface area contributed by atoms with Crippen molar-refractivity contribution in [3.8, 4) is 17.0 Å². The second kappa shape index (κ2) is 9.44. The first-order valence-electron chi connectivity index (χ1n) is 10.9. The Hall–Kier alpha value is -3.43. The zero-order valence-electron chi connectivity index (χ0n) is 18.4. The van der Waals surface area contributed by atoms with E-state index in [1.807, 2.05) is 40.4 Å². The molecule has 3 aromatic heterocycles. The van der Waals surface area contributed by atoms with Gasteiger partial charge in [-0.2, -0.15) is 5.10 Å². The fourth-order valence-corrected chi connectivity index (χ4v) is 5.10. The third kappa shape index (κ3) is 4.24. The number of nitrogen functional groups attached to an aromatic ring is 1. The third-order valence-corrected chi connectivity index (χ3v) is 7.05. The smallest absolute Gasteiger partial charge is 0.246 e.